The molecular formula is C16H15N5O. The normalized spacial score (nSPS) is 11.5. The molecular weight excluding hydrogens is 278 g/mol. The average Bonchev–Trinajstić information content (AvgIpc) is 3.09. The number of aromatic nitrogens is 5. The van der Waals surface area contributed by atoms with Crippen LogP contribution in [0, 0.1) is 0 Å². The summed E-state index contributed by atoms with van der Waals surface area (Å²) in [4.78, 5) is 12.4. The molecule has 110 valence electrons. The van der Waals surface area contributed by atoms with Crippen molar-refractivity contribution in [1.82, 2.24) is 24.7 Å². The molecule has 6 nitrogen and oxygen atoms in total. The Morgan fingerprint density at radius 3 is 2.86 bits per heavy atom. The molecule has 0 aliphatic carbocycles. The summed E-state index contributed by atoms with van der Waals surface area (Å²) in [5.41, 5.74) is 4.47. The first-order valence-electron chi connectivity index (χ1n) is 7.01. The molecule has 0 bridgehead atoms. The van der Waals surface area contributed by atoms with Crippen LogP contribution in [0.3, 0.4) is 0 Å². The summed E-state index contributed by atoms with van der Waals surface area (Å²) in [5.74, 6) is 0. The van der Waals surface area contributed by atoms with Crippen molar-refractivity contribution in [2.24, 2.45) is 7.05 Å². The number of hydrogen-bond acceptors (Lipinski definition) is 4. The van der Waals surface area contributed by atoms with Gasteiger partial charge in [0.15, 0.2) is 0 Å². The number of fused-ring (bicyclic) bond motifs is 3. The fraction of sp³-hybridized carbons (Fsp3) is 0.188. The molecule has 0 amide bonds. The molecule has 0 unspecified atom stereocenters. The van der Waals surface area contributed by atoms with Crippen LogP contribution in [0.4, 0.5) is 0 Å². The van der Waals surface area contributed by atoms with E-state index >= 15 is 0 Å². The Morgan fingerprint density at radius 1 is 1.18 bits per heavy atom. The van der Waals surface area contributed by atoms with E-state index in [9.17, 15) is 0 Å². The second-order valence-electron chi connectivity index (χ2n) is 5.25. The van der Waals surface area contributed by atoms with Crippen LogP contribution in [0.25, 0.3) is 33.3 Å². The smallest absolute Gasteiger partial charge is 0.139 e. The number of aryl methyl sites for hydroxylation is 1. The van der Waals surface area contributed by atoms with Crippen LogP contribution in [-0.4, -0.2) is 31.8 Å². The number of methoxy groups -OCH3 is 1. The van der Waals surface area contributed by atoms with Gasteiger partial charge in [-0.25, -0.2) is 4.98 Å². The molecule has 0 atom stereocenters. The van der Waals surface area contributed by atoms with Crippen LogP contribution in [0.2, 0.25) is 0 Å². The van der Waals surface area contributed by atoms with Gasteiger partial charge in [0.25, 0.3) is 0 Å². The molecule has 4 aromatic rings. The molecule has 22 heavy (non-hydrogen) atoms. The first kappa shape index (κ1) is 13.0. The fourth-order valence-electron chi connectivity index (χ4n) is 2.64. The maximum absolute atomic E-state index is 5.13. The van der Waals surface area contributed by atoms with Crippen molar-refractivity contribution < 1.29 is 4.74 Å². The van der Waals surface area contributed by atoms with Crippen molar-refractivity contribution in [2.45, 2.75) is 6.61 Å². The van der Waals surface area contributed by atoms with E-state index < -0.39 is 0 Å². The third-order valence-electron chi connectivity index (χ3n) is 3.67. The van der Waals surface area contributed by atoms with Gasteiger partial charge in [-0.2, -0.15) is 5.10 Å². The van der Waals surface area contributed by atoms with Gasteiger partial charge in [0.05, 0.1) is 23.5 Å². The number of nitrogens with zero attached hydrogens (tertiary/aromatic N) is 4. The number of pyridine rings is 2. The molecule has 0 aliphatic rings. The highest BCUT2D eigenvalue weighted by molar-refractivity contribution is 6.05. The van der Waals surface area contributed by atoms with E-state index in [4.69, 9.17) is 4.74 Å². The van der Waals surface area contributed by atoms with Crippen LogP contribution < -0.4 is 0 Å². The minimum atomic E-state index is 0.498. The van der Waals surface area contributed by atoms with Crippen LogP contribution in [0.5, 0.6) is 0 Å². The number of H-pyrrole nitrogens is 1. The van der Waals surface area contributed by atoms with E-state index in [1.165, 1.54) is 0 Å². The molecule has 0 aliphatic heterocycles. The van der Waals surface area contributed by atoms with E-state index in [-0.39, 0.29) is 0 Å². The SMILES string of the molecule is COCc1cc2[nH]c3nc(-c4ccn(C)n4)ccc3c2cn1. The molecule has 4 aromatic heterocycles. The summed E-state index contributed by atoms with van der Waals surface area (Å²) >= 11 is 0. The summed E-state index contributed by atoms with van der Waals surface area (Å²) in [5, 5.41) is 6.52. The molecule has 0 radical (unpaired) electrons. The molecule has 0 fully saturated rings. The monoisotopic (exact) mass is 293 g/mol. The lowest BCUT2D eigenvalue weighted by Gasteiger charge is -1.98. The molecule has 0 spiro atoms. The highest BCUT2D eigenvalue weighted by Gasteiger charge is 2.10. The number of aromatic amines is 1. The second-order valence-corrected chi connectivity index (χ2v) is 5.25. The van der Waals surface area contributed by atoms with Crippen LogP contribution in [-0.2, 0) is 18.4 Å². The van der Waals surface area contributed by atoms with Crippen LogP contribution in [0.1, 0.15) is 5.69 Å². The molecule has 0 saturated heterocycles. The summed E-state index contributed by atoms with van der Waals surface area (Å²) in [6.45, 7) is 0.498. The van der Waals surface area contributed by atoms with Crippen molar-refractivity contribution >= 4 is 21.9 Å². The van der Waals surface area contributed by atoms with E-state index in [1.807, 2.05) is 37.6 Å². The van der Waals surface area contributed by atoms with E-state index in [1.54, 1.807) is 11.8 Å². The Bertz CT molecular complexity index is 969. The number of nitrogens with one attached hydrogen (secondary N) is 1. The number of rotatable bonds is 3. The zero-order valence-corrected chi connectivity index (χ0v) is 12.4. The van der Waals surface area contributed by atoms with Gasteiger partial charge in [-0.3, -0.25) is 9.67 Å². The Balaban J connectivity index is 1.87. The van der Waals surface area contributed by atoms with Crippen molar-refractivity contribution in [3.05, 3.63) is 42.4 Å². The lowest BCUT2D eigenvalue weighted by atomic mass is 10.2. The Hall–Kier alpha value is -2.73. The van der Waals surface area contributed by atoms with Gasteiger partial charge in [-0.15, -0.1) is 0 Å². The lowest BCUT2D eigenvalue weighted by molar-refractivity contribution is 0.181. The van der Waals surface area contributed by atoms with Crippen molar-refractivity contribution in [3.63, 3.8) is 0 Å². The second kappa shape index (κ2) is 4.92. The molecule has 1 N–H and O–H groups in total. The van der Waals surface area contributed by atoms with Gasteiger partial charge in [0.2, 0.25) is 0 Å². The Kier molecular flexibility index (Phi) is 2.90. The van der Waals surface area contributed by atoms with Gasteiger partial charge >= 0.3 is 0 Å². The number of ether oxygens (including phenoxy) is 1. The first-order chi connectivity index (χ1) is 10.7. The van der Waals surface area contributed by atoms with E-state index in [2.05, 4.69) is 26.1 Å². The van der Waals surface area contributed by atoms with E-state index in [0.29, 0.717) is 6.61 Å². The summed E-state index contributed by atoms with van der Waals surface area (Å²) in [6, 6.07) is 8.00. The zero-order chi connectivity index (χ0) is 15.1. The predicted octanol–water partition coefficient (Wildman–Crippen LogP) is 2.66. The van der Waals surface area contributed by atoms with Crippen LogP contribution in [0.15, 0.2) is 36.7 Å². The molecule has 4 rings (SSSR count). The summed E-state index contributed by atoms with van der Waals surface area (Å²) in [7, 11) is 3.56. The minimum absolute atomic E-state index is 0.498. The zero-order valence-electron chi connectivity index (χ0n) is 12.4. The molecule has 6 heteroatoms. The summed E-state index contributed by atoms with van der Waals surface area (Å²) in [6.07, 6.45) is 3.78. The third-order valence-corrected chi connectivity index (χ3v) is 3.67. The molecule has 0 saturated carbocycles. The highest BCUT2D eigenvalue weighted by atomic mass is 16.5. The molecule has 0 aromatic carbocycles. The fourth-order valence-corrected chi connectivity index (χ4v) is 2.64. The van der Waals surface area contributed by atoms with Gasteiger partial charge in [0.1, 0.15) is 11.3 Å². The average molecular weight is 293 g/mol. The quantitative estimate of drug-likeness (QED) is 0.630. The minimum Gasteiger partial charge on any atom is -0.378 e. The van der Waals surface area contributed by atoms with Gasteiger partial charge in [-0.05, 0) is 24.3 Å². The van der Waals surface area contributed by atoms with Crippen molar-refractivity contribution in [2.75, 3.05) is 7.11 Å². The Labute approximate surface area is 126 Å². The van der Waals surface area contributed by atoms with Gasteiger partial charge < -0.3 is 9.72 Å². The van der Waals surface area contributed by atoms with Crippen LogP contribution >= 0.6 is 0 Å². The topological polar surface area (TPSA) is 68.6 Å². The molecule has 4 heterocycles. The van der Waals surface area contributed by atoms with Gasteiger partial charge in [-0.1, -0.05) is 0 Å². The standard InChI is InChI=1S/C16H15N5O/c1-21-6-5-14(20-21)13-4-3-11-12-8-17-10(9-22-2)7-15(12)19-16(11)18-13/h3-8H,9H2,1-2H3,(H,18,19). The summed E-state index contributed by atoms with van der Waals surface area (Å²) < 4.78 is 6.90. The predicted molar refractivity (Wildman–Crippen MR) is 84.3 cm³/mol. The van der Waals surface area contributed by atoms with Crippen molar-refractivity contribution in [1.29, 1.82) is 0 Å². The maximum atomic E-state index is 5.13. The first-order valence-corrected chi connectivity index (χ1v) is 7.01. The van der Waals surface area contributed by atoms with Gasteiger partial charge in [0, 0.05) is 37.3 Å². The van der Waals surface area contributed by atoms with E-state index in [0.717, 1.165) is 39.0 Å². The third kappa shape index (κ3) is 2.05. The lowest BCUT2D eigenvalue weighted by Crippen LogP contribution is -1.90. The Morgan fingerprint density at radius 2 is 2.09 bits per heavy atom. The largest absolute Gasteiger partial charge is 0.378 e. The number of hydrogen-bond donors (Lipinski definition) is 1. The van der Waals surface area contributed by atoms with Crippen molar-refractivity contribution in [3.8, 4) is 11.4 Å². The maximum Gasteiger partial charge on any atom is 0.139 e. The highest BCUT2D eigenvalue weighted by Crippen LogP contribution is 2.26.